The number of nitrogens with one attached hydrogen (secondary N) is 2. The molecule has 3 aromatic rings. The summed E-state index contributed by atoms with van der Waals surface area (Å²) in [6.45, 7) is 3.04. The van der Waals surface area contributed by atoms with Crippen LogP contribution >= 0.6 is 0 Å². The number of anilines is 4. The van der Waals surface area contributed by atoms with Crippen molar-refractivity contribution in [2.24, 2.45) is 0 Å². The summed E-state index contributed by atoms with van der Waals surface area (Å²) in [5.41, 5.74) is 2.72. The predicted molar refractivity (Wildman–Crippen MR) is 99.3 cm³/mol. The molecule has 1 heterocycles. The lowest BCUT2D eigenvalue weighted by Gasteiger charge is -2.08. The molecular formula is C19H17N5O2. The zero-order valence-electron chi connectivity index (χ0n) is 14.4. The maximum absolute atomic E-state index is 11.5. The summed E-state index contributed by atoms with van der Waals surface area (Å²) in [4.78, 5) is 27.1. The lowest BCUT2D eigenvalue weighted by molar-refractivity contribution is 0.100. The molecule has 0 amide bonds. The monoisotopic (exact) mass is 347 g/mol. The van der Waals surface area contributed by atoms with Crippen LogP contribution in [0.3, 0.4) is 0 Å². The van der Waals surface area contributed by atoms with Crippen molar-refractivity contribution in [3.63, 3.8) is 0 Å². The van der Waals surface area contributed by atoms with Gasteiger partial charge in [0, 0.05) is 22.5 Å². The molecule has 0 bridgehead atoms. The van der Waals surface area contributed by atoms with Crippen molar-refractivity contribution in [3.05, 3.63) is 65.9 Å². The molecule has 0 saturated carbocycles. The Bertz CT molecular complexity index is 954. The zero-order valence-corrected chi connectivity index (χ0v) is 14.4. The number of Topliss-reactive ketones (excluding diaryl/α,β-unsaturated/α-hetero) is 2. The van der Waals surface area contributed by atoms with E-state index in [0.29, 0.717) is 28.6 Å². The van der Waals surface area contributed by atoms with Crippen LogP contribution in [0.15, 0.2) is 54.7 Å². The number of hydrogen-bond acceptors (Lipinski definition) is 7. The molecule has 1 aromatic heterocycles. The zero-order chi connectivity index (χ0) is 18.5. The van der Waals surface area contributed by atoms with Gasteiger partial charge in [0.25, 0.3) is 0 Å². The number of carbonyl (C=O) groups is 2. The van der Waals surface area contributed by atoms with Crippen molar-refractivity contribution in [2.45, 2.75) is 13.8 Å². The molecule has 0 fully saturated rings. The summed E-state index contributed by atoms with van der Waals surface area (Å²) in [5.74, 6) is 0.800. The number of benzene rings is 2. The van der Waals surface area contributed by atoms with Crippen LogP contribution in [0.25, 0.3) is 0 Å². The number of ketones is 2. The first-order valence-corrected chi connectivity index (χ1v) is 7.97. The van der Waals surface area contributed by atoms with Gasteiger partial charge >= 0.3 is 0 Å². The highest BCUT2D eigenvalue weighted by Crippen LogP contribution is 2.18. The molecule has 0 spiro atoms. The van der Waals surface area contributed by atoms with Crippen LogP contribution in [0.1, 0.15) is 34.6 Å². The van der Waals surface area contributed by atoms with Crippen LogP contribution in [0.2, 0.25) is 0 Å². The molecule has 3 rings (SSSR count). The van der Waals surface area contributed by atoms with E-state index in [9.17, 15) is 9.59 Å². The normalized spacial score (nSPS) is 10.2. The van der Waals surface area contributed by atoms with Gasteiger partial charge in [-0.05, 0) is 50.2 Å². The van der Waals surface area contributed by atoms with E-state index in [1.165, 1.54) is 20.0 Å². The van der Waals surface area contributed by atoms with Gasteiger partial charge in [-0.1, -0.05) is 12.1 Å². The van der Waals surface area contributed by atoms with Crippen molar-refractivity contribution >= 4 is 34.7 Å². The van der Waals surface area contributed by atoms with Crippen LogP contribution in [0.4, 0.5) is 23.1 Å². The third-order valence-corrected chi connectivity index (χ3v) is 3.65. The fraction of sp³-hybridized carbons (Fsp3) is 0.105. The lowest BCUT2D eigenvalue weighted by atomic mass is 10.1. The van der Waals surface area contributed by atoms with Gasteiger partial charge in [0.15, 0.2) is 17.4 Å². The minimum Gasteiger partial charge on any atom is -0.339 e. The fourth-order valence-corrected chi connectivity index (χ4v) is 2.30. The third-order valence-electron chi connectivity index (χ3n) is 3.65. The Balaban J connectivity index is 1.75. The highest BCUT2D eigenvalue weighted by molar-refractivity contribution is 5.95. The van der Waals surface area contributed by atoms with E-state index in [-0.39, 0.29) is 11.6 Å². The smallest absolute Gasteiger partial charge is 0.249 e. The quantitative estimate of drug-likeness (QED) is 0.655. The maximum Gasteiger partial charge on any atom is 0.249 e. The van der Waals surface area contributed by atoms with Gasteiger partial charge in [-0.3, -0.25) is 9.59 Å². The van der Waals surface area contributed by atoms with Crippen molar-refractivity contribution < 1.29 is 9.59 Å². The van der Waals surface area contributed by atoms with E-state index >= 15 is 0 Å². The number of hydrogen-bond donors (Lipinski definition) is 2. The van der Waals surface area contributed by atoms with Gasteiger partial charge in [0.05, 0.1) is 6.20 Å². The Labute approximate surface area is 150 Å². The molecule has 0 radical (unpaired) electrons. The Hall–Kier alpha value is -3.61. The van der Waals surface area contributed by atoms with E-state index in [0.717, 1.165) is 5.69 Å². The molecule has 0 aliphatic heterocycles. The SMILES string of the molecule is CC(=O)c1ccc(Nc2cnnc(Nc3cccc(C(C)=O)c3)n2)cc1. The van der Waals surface area contributed by atoms with Crippen LogP contribution in [0, 0.1) is 0 Å². The Morgan fingerprint density at radius 3 is 2.27 bits per heavy atom. The predicted octanol–water partition coefficient (Wildman–Crippen LogP) is 3.76. The van der Waals surface area contributed by atoms with Crippen LogP contribution in [-0.4, -0.2) is 26.7 Å². The van der Waals surface area contributed by atoms with E-state index in [2.05, 4.69) is 25.8 Å². The molecule has 0 unspecified atom stereocenters. The summed E-state index contributed by atoms with van der Waals surface area (Å²) < 4.78 is 0. The summed E-state index contributed by atoms with van der Waals surface area (Å²) in [7, 11) is 0. The molecular weight excluding hydrogens is 330 g/mol. The number of carbonyl (C=O) groups excluding carboxylic acids is 2. The Morgan fingerprint density at radius 2 is 1.58 bits per heavy atom. The summed E-state index contributed by atoms with van der Waals surface area (Å²) in [5, 5.41) is 14.0. The molecule has 26 heavy (non-hydrogen) atoms. The molecule has 0 aliphatic carbocycles. The Morgan fingerprint density at radius 1 is 0.846 bits per heavy atom. The van der Waals surface area contributed by atoms with Gasteiger partial charge in [0.2, 0.25) is 5.95 Å². The summed E-state index contributed by atoms with van der Waals surface area (Å²) in [6.07, 6.45) is 1.50. The topological polar surface area (TPSA) is 96.9 Å². The number of nitrogens with zero attached hydrogens (tertiary/aromatic N) is 3. The Kier molecular flexibility index (Phi) is 4.98. The van der Waals surface area contributed by atoms with E-state index in [4.69, 9.17) is 0 Å². The fourth-order valence-electron chi connectivity index (χ4n) is 2.30. The minimum absolute atomic E-state index is 0.0135. The van der Waals surface area contributed by atoms with Crippen molar-refractivity contribution in [3.8, 4) is 0 Å². The highest BCUT2D eigenvalue weighted by Gasteiger charge is 2.05. The number of rotatable bonds is 6. The molecule has 0 aliphatic rings. The van der Waals surface area contributed by atoms with Crippen LogP contribution in [0.5, 0.6) is 0 Å². The van der Waals surface area contributed by atoms with Crippen molar-refractivity contribution in [2.75, 3.05) is 10.6 Å². The molecule has 7 nitrogen and oxygen atoms in total. The van der Waals surface area contributed by atoms with E-state index < -0.39 is 0 Å². The van der Waals surface area contributed by atoms with E-state index in [1.807, 2.05) is 6.07 Å². The first kappa shape index (κ1) is 17.2. The lowest BCUT2D eigenvalue weighted by Crippen LogP contribution is -2.03. The third kappa shape index (κ3) is 4.27. The van der Waals surface area contributed by atoms with Crippen LogP contribution < -0.4 is 10.6 Å². The van der Waals surface area contributed by atoms with Gasteiger partial charge in [-0.2, -0.15) is 10.1 Å². The second-order valence-corrected chi connectivity index (χ2v) is 5.69. The van der Waals surface area contributed by atoms with Crippen molar-refractivity contribution in [1.82, 2.24) is 15.2 Å². The average Bonchev–Trinajstić information content (AvgIpc) is 2.62. The largest absolute Gasteiger partial charge is 0.339 e. The number of aromatic nitrogens is 3. The highest BCUT2D eigenvalue weighted by atomic mass is 16.1. The minimum atomic E-state index is -0.0166. The molecule has 130 valence electrons. The van der Waals surface area contributed by atoms with Gasteiger partial charge < -0.3 is 10.6 Å². The second-order valence-electron chi connectivity index (χ2n) is 5.69. The van der Waals surface area contributed by atoms with Gasteiger partial charge in [-0.25, -0.2) is 0 Å². The first-order valence-electron chi connectivity index (χ1n) is 7.97. The standard InChI is InChI=1S/C19H17N5O2/c1-12(25)14-6-8-16(9-7-14)21-18-11-20-24-19(23-18)22-17-5-3-4-15(10-17)13(2)26/h3-11H,1-2H3,(H2,21,22,23,24). The van der Waals surface area contributed by atoms with Gasteiger partial charge in [0.1, 0.15) is 0 Å². The van der Waals surface area contributed by atoms with Crippen molar-refractivity contribution in [1.29, 1.82) is 0 Å². The second kappa shape index (κ2) is 7.52. The molecule has 2 N–H and O–H groups in total. The molecule has 0 saturated heterocycles. The average molecular weight is 347 g/mol. The summed E-state index contributed by atoms with van der Waals surface area (Å²) in [6, 6.07) is 14.1. The summed E-state index contributed by atoms with van der Waals surface area (Å²) >= 11 is 0. The van der Waals surface area contributed by atoms with Gasteiger partial charge in [-0.15, -0.1) is 5.10 Å². The van der Waals surface area contributed by atoms with E-state index in [1.54, 1.807) is 42.5 Å². The first-order chi connectivity index (χ1) is 12.5. The maximum atomic E-state index is 11.5. The molecule has 7 heteroatoms. The van der Waals surface area contributed by atoms with Crippen LogP contribution in [-0.2, 0) is 0 Å². The molecule has 2 aromatic carbocycles. The molecule has 0 atom stereocenters.